The summed E-state index contributed by atoms with van der Waals surface area (Å²) >= 11 is 0. The van der Waals surface area contributed by atoms with Gasteiger partial charge in [0.2, 0.25) is 0 Å². The Morgan fingerprint density at radius 2 is 1.45 bits per heavy atom. The summed E-state index contributed by atoms with van der Waals surface area (Å²) in [5.41, 5.74) is -0.319. The molecule has 2 aromatic rings. The zero-order valence-corrected chi connectivity index (χ0v) is 16.3. The molecule has 2 atom stereocenters. The molecule has 1 aliphatic heterocycles. The van der Waals surface area contributed by atoms with E-state index in [0.717, 1.165) is 18.2 Å². The summed E-state index contributed by atoms with van der Waals surface area (Å²) < 4.78 is 46.4. The van der Waals surface area contributed by atoms with Gasteiger partial charge in [-0.25, -0.2) is 13.2 Å². The third-order valence-electron chi connectivity index (χ3n) is 5.01. The lowest BCUT2D eigenvalue weighted by Gasteiger charge is -2.44. The number of nitrogens with zero attached hydrogens (tertiary/aromatic N) is 2. The highest BCUT2D eigenvalue weighted by molar-refractivity contribution is 5.96. The minimum atomic E-state index is -0.937. The van der Waals surface area contributed by atoms with Crippen molar-refractivity contribution >= 4 is 11.8 Å². The Morgan fingerprint density at radius 3 is 2.00 bits per heavy atom. The van der Waals surface area contributed by atoms with Crippen LogP contribution in [-0.2, 0) is 0 Å². The Hall–Kier alpha value is -3.03. The molecule has 0 unspecified atom stereocenters. The fraction of sp³-hybridized carbons (Fsp3) is 0.333. The van der Waals surface area contributed by atoms with Crippen LogP contribution in [-0.4, -0.2) is 53.9 Å². The fourth-order valence-corrected chi connectivity index (χ4v) is 3.66. The minimum absolute atomic E-state index is 0.0884. The van der Waals surface area contributed by atoms with Crippen LogP contribution in [0.15, 0.2) is 36.4 Å². The van der Waals surface area contributed by atoms with E-state index in [-0.39, 0.29) is 24.2 Å². The number of piperazine rings is 1. The first-order valence-electron chi connectivity index (χ1n) is 9.13. The number of ether oxygens (including phenoxy) is 1. The van der Waals surface area contributed by atoms with E-state index >= 15 is 0 Å². The number of halogens is 3. The lowest BCUT2D eigenvalue weighted by atomic mass is 10.0. The molecule has 2 amide bonds. The van der Waals surface area contributed by atoms with Crippen LogP contribution in [0.5, 0.6) is 5.75 Å². The molecule has 2 aromatic carbocycles. The number of hydrogen-bond donors (Lipinski definition) is 0. The van der Waals surface area contributed by atoms with Crippen molar-refractivity contribution in [3.8, 4) is 5.75 Å². The predicted octanol–water partition coefficient (Wildman–Crippen LogP) is 3.49. The molecule has 3 rings (SSSR count). The topological polar surface area (TPSA) is 49.9 Å². The van der Waals surface area contributed by atoms with Crippen molar-refractivity contribution in [2.24, 2.45) is 0 Å². The fourth-order valence-electron chi connectivity index (χ4n) is 3.66. The maximum atomic E-state index is 14.3. The molecule has 29 heavy (non-hydrogen) atoms. The van der Waals surface area contributed by atoms with Gasteiger partial charge in [-0.3, -0.25) is 9.59 Å². The standard InChI is InChI=1S/C21H21F3N2O3/c1-12-10-25(20(27)16-7-5-15(29-3)9-19(16)24)11-13(2)26(12)21(28)17-6-4-14(22)8-18(17)23/h4-9,12-13H,10-11H2,1-3H3/t12-,13-/m1/s1. The summed E-state index contributed by atoms with van der Waals surface area (Å²) in [4.78, 5) is 28.5. The average molecular weight is 406 g/mol. The Balaban J connectivity index is 1.79. The quantitative estimate of drug-likeness (QED) is 0.784. The maximum Gasteiger partial charge on any atom is 0.257 e. The lowest BCUT2D eigenvalue weighted by Crippen LogP contribution is -2.60. The molecular formula is C21H21F3N2O3. The SMILES string of the molecule is COc1ccc(C(=O)N2C[C@@H](C)N(C(=O)c3ccc(F)cc3F)[C@H](C)C2)c(F)c1. The van der Waals surface area contributed by atoms with Crippen molar-refractivity contribution in [3.63, 3.8) is 0 Å². The molecule has 0 N–H and O–H groups in total. The molecule has 1 saturated heterocycles. The molecule has 154 valence electrons. The molecular weight excluding hydrogens is 385 g/mol. The zero-order valence-electron chi connectivity index (χ0n) is 16.3. The van der Waals surface area contributed by atoms with Crippen molar-refractivity contribution in [1.29, 1.82) is 0 Å². The van der Waals surface area contributed by atoms with Gasteiger partial charge in [-0.1, -0.05) is 0 Å². The van der Waals surface area contributed by atoms with Crippen LogP contribution >= 0.6 is 0 Å². The van der Waals surface area contributed by atoms with Crippen LogP contribution in [0.1, 0.15) is 34.6 Å². The van der Waals surface area contributed by atoms with Crippen LogP contribution in [0.4, 0.5) is 13.2 Å². The lowest BCUT2D eigenvalue weighted by molar-refractivity contribution is 0.0249. The minimum Gasteiger partial charge on any atom is -0.497 e. The third-order valence-corrected chi connectivity index (χ3v) is 5.01. The summed E-state index contributed by atoms with van der Waals surface area (Å²) in [5, 5.41) is 0. The Morgan fingerprint density at radius 1 is 0.897 bits per heavy atom. The van der Waals surface area contributed by atoms with E-state index in [9.17, 15) is 22.8 Å². The average Bonchev–Trinajstić information content (AvgIpc) is 2.66. The monoisotopic (exact) mass is 406 g/mol. The molecule has 0 saturated carbocycles. The van der Waals surface area contributed by atoms with E-state index in [4.69, 9.17) is 4.74 Å². The van der Waals surface area contributed by atoms with E-state index in [1.807, 2.05) is 0 Å². The van der Waals surface area contributed by atoms with Crippen molar-refractivity contribution in [2.75, 3.05) is 20.2 Å². The number of hydrogen-bond acceptors (Lipinski definition) is 3. The van der Waals surface area contributed by atoms with E-state index < -0.39 is 41.3 Å². The number of rotatable bonds is 3. The molecule has 0 radical (unpaired) electrons. The summed E-state index contributed by atoms with van der Waals surface area (Å²) in [7, 11) is 1.40. The molecule has 5 nitrogen and oxygen atoms in total. The van der Waals surface area contributed by atoms with Crippen LogP contribution in [0.25, 0.3) is 0 Å². The predicted molar refractivity (Wildman–Crippen MR) is 100 cm³/mol. The second-order valence-corrected chi connectivity index (χ2v) is 7.09. The van der Waals surface area contributed by atoms with Crippen molar-refractivity contribution in [1.82, 2.24) is 9.80 Å². The number of amides is 2. The van der Waals surface area contributed by atoms with Gasteiger partial charge in [0.15, 0.2) is 0 Å². The van der Waals surface area contributed by atoms with Crippen molar-refractivity contribution < 1.29 is 27.5 Å². The van der Waals surface area contributed by atoms with Crippen molar-refractivity contribution in [2.45, 2.75) is 25.9 Å². The molecule has 0 aromatic heterocycles. The second-order valence-electron chi connectivity index (χ2n) is 7.09. The Labute approximate surface area is 166 Å². The molecule has 1 heterocycles. The largest absolute Gasteiger partial charge is 0.497 e. The maximum absolute atomic E-state index is 14.3. The first-order chi connectivity index (χ1) is 13.7. The number of carbonyl (C=O) groups excluding carboxylic acids is 2. The van der Waals surface area contributed by atoms with Gasteiger partial charge in [0, 0.05) is 37.3 Å². The van der Waals surface area contributed by atoms with Gasteiger partial charge in [-0.15, -0.1) is 0 Å². The summed E-state index contributed by atoms with van der Waals surface area (Å²) in [6.07, 6.45) is 0. The van der Waals surface area contributed by atoms with Crippen molar-refractivity contribution in [3.05, 3.63) is 65.0 Å². The van der Waals surface area contributed by atoms with Gasteiger partial charge in [0.05, 0.1) is 18.2 Å². The number of methoxy groups -OCH3 is 1. The molecule has 0 bridgehead atoms. The molecule has 8 heteroatoms. The Kier molecular flexibility index (Phi) is 5.81. The zero-order chi connectivity index (χ0) is 21.3. The summed E-state index contributed by atoms with van der Waals surface area (Å²) in [5.74, 6) is -3.17. The summed E-state index contributed by atoms with van der Waals surface area (Å²) in [6.45, 7) is 3.76. The van der Waals surface area contributed by atoms with Gasteiger partial charge < -0.3 is 14.5 Å². The van der Waals surface area contributed by atoms with Gasteiger partial charge in [0.25, 0.3) is 11.8 Å². The first-order valence-corrected chi connectivity index (χ1v) is 9.13. The highest BCUT2D eigenvalue weighted by Crippen LogP contribution is 2.24. The van der Waals surface area contributed by atoms with Crippen LogP contribution in [0, 0.1) is 17.5 Å². The molecule has 1 aliphatic rings. The van der Waals surface area contributed by atoms with Gasteiger partial charge in [-0.05, 0) is 38.1 Å². The number of carbonyl (C=O) groups is 2. The van der Waals surface area contributed by atoms with E-state index in [0.29, 0.717) is 11.8 Å². The summed E-state index contributed by atoms with van der Waals surface area (Å²) in [6, 6.07) is 5.90. The third kappa shape index (κ3) is 4.06. The second kappa shape index (κ2) is 8.14. The Bertz CT molecular complexity index is 939. The van der Waals surface area contributed by atoms with E-state index in [1.165, 1.54) is 29.0 Å². The van der Waals surface area contributed by atoms with Crippen LogP contribution in [0.2, 0.25) is 0 Å². The highest BCUT2D eigenvalue weighted by Gasteiger charge is 2.36. The molecule has 0 aliphatic carbocycles. The van der Waals surface area contributed by atoms with E-state index in [1.54, 1.807) is 13.8 Å². The first kappa shape index (κ1) is 20.7. The van der Waals surface area contributed by atoms with Crippen LogP contribution < -0.4 is 4.74 Å². The van der Waals surface area contributed by atoms with Gasteiger partial charge in [-0.2, -0.15) is 0 Å². The van der Waals surface area contributed by atoms with E-state index in [2.05, 4.69) is 0 Å². The van der Waals surface area contributed by atoms with Gasteiger partial charge in [0.1, 0.15) is 23.2 Å². The highest BCUT2D eigenvalue weighted by atomic mass is 19.1. The molecule has 0 spiro atoms. The molecule has 1 fully saturated rings. The smallest absolute Gasteiger partial charge is 0.257 e. The van der Waals surface area contributed by atoms with Crippen LogP contribution in [0.3, 0.4) is 0 Å². The van der Waals surface area contributed by atoms with Gasteiger partial charge >= 0.3 is 0 Å². The normalized spacial score (nSPS) is 19.2. The number of benzene rings is 2.